The molecule has 4 rings (SSSR count). The molecule has 27 heavy (non-hydrogen) atoms. The molecule has 1 aromatic heterocycles. The lowest BCUT2D eigenvalue weighted by Gasteiger charge is -2.34. The van der Waals surface area contributed by atoms with Crippen LogP contribution in [0.2, 0.25) is 5.02 Å². The van der Waals surface area contributed by atoms with E-state index in [9.17, 15) is 4.39 Å². The van der Waals surface area contributed by atoms with Gasteiger partial charge in [-0.1, -0.05) is 48.0 Å². The molecule has 0 saturated carbocycles. The molecular formula is C22H20ClFN2O. The first-order valence-electron chi connectivity index (χ1n) is 8.96. The van der Waals surface area contributed by atoms with Gasteiger partial charge in [0.05, 0.1) is 16.6 Å². The Labute approximate surface area is 162 Å². The monoisotopic (exact) mass is 382 g/mol. The summed E-state index contributed by atoms with van der Waals surface area (Å²) >= 11 is 5.85. The number of hydrogen-bond donors (Lipinski definition) is 0. The molecule has 2 aromatic carbocycles. The van der Waals surface area contributed by atoms with E-state index < -0.39 is 5.82 Å². The van der Waals surface area contributed by atoms with Gasteiger partial charge < -0.3 is 4.74 Å². The van der Waals surface area contributed by atoms with Crippen LogP contribution in [0.5, 0.6) is 0 Å². The van der Waals surface area contributed by atoms with Gasteiger partial charge in [-0.3, -0.25) is 4.98 Å². The maximum absolute atomic E-state index is 14.1. The maximum Gasteiger partial charge on any atom is 0.218 e. The van der Waals surface area contributed by atoms with E-state index in [-0.39, 0.29) is 22.2 Å². The lowest BCUT2D eigenvalue weighted by Crippen LogP contribution is -2.38. The molecule has 0 aliphatic carbocycles. The summed E-state index contributed by atoms with van der Waals surface area (Å²) in [6.45, 7) is 4.13. The highest BCUT2D eigenvalue weighted by atomic mass is 35.5. The number of benzene rings is 2. The highest BCUT2D eigenvalue weighted by Gasteiger charge is 2.32. The summed E-state index contributed by atoms with van der Waals surface area (Å²) in [5, 5.41) is 0.738. The van der Waals surface area contributed by atoms with Crippen LogP contribution in [0.25, 0.3) is 10.9 Å². The summed E-state index contributed by atoms with van der Waals surface area (Å²) in [5.74, 6) is 0.0476. The fourth-order valence-electron chi connectivity index (χ4n) is 3.50. The number of fused-ring (bicyclic) bond motifs is 1. The average molecular weight is 383 g/mol. The molecule has 0 bridgehead atoms. The summed E-state index contributed by atoms with van der Waals surface area (Å²) in [7, 11) is 0. The van der Waals surface area contributed by atoms with Crippen LogP contribution in [0, 0.1) is 5.82 Å². The Morgan fingerprint density at radius 2 is 1.96 bits per heavy atom. The van der Waals surface area contributed by atoms with Crippen molar-refractivity contribution in [3.63, 3.8) is 0 Å². The zero-order chi connectivity index (χ0) is 19.0. The number of aromatic nitrogens is 1. The van der Waals surface area contributed by atoms with Gasteiger partial charge in [0.1, 0.15) is 11.1 Å². The van der Waals surface area contributed by atoms with Crippen LogP contribution in [-0.4, -0.2) is 22.5 Å². The van der Waals surface area contributed by atoms with E-state index in [1.54, 1.807) is 12.3 Å². The van der Waals surface area contributed by atoms with Gasteiger partial charge in [0.15, 0.2) is 5.82 Å². The molecule has 1 atom stereocenters. The standard InChI is InChI=1S/C22H20ClFN2O/c1-22(2)12-17(10-14-6-4-3-5-7-14)26-21(27-22)16-11-15-8-9-18(23)19(24)20(15)25-13-16/h3-9,11,13,17H,10,12H2,1-2H3. The van der Waals surface area contributed by atoms with Crippen LogP contribution in [0.1, 0.15) is 31.4 Å². The Morgan fingerprint density at radius 1 is 1.19 bits per heavy atom. The molecule has 138 valence electrons. The third kappa shape index (κ3) is 3.81. The lowest BCUT2D eigenvalue weighted by molar-refractivity contribution is 0.0634. The quantitative estimate of drug-likeness (QED) is 0.592. The van der Waals surface area contributed by atoms with Gasteiger partial charge in [-0.2, -0.15) is 0 Å². The zero-order valence-electron chi connectivity index (χ0n) is 15.2. The third-order valence-electron chi connectivity index (χ3n) is 4.71. The minimum Gasteiger partial charge on any atom is -0.471 e. The highest BCUT2D eigenvalue weighted by molar-refractivity contribution is 6.31. The SMILES string of the molecule is CC1(C)CC(Cc2ccccc2)N=C(c2cnc3c(F)c(Cl)ccc3c2)O1. The third-order valence-corrected chi connectivity index (χ3v) is 5.00. The van der Waals surface area contributed by atoms with Crippen LogP contribution in [0.3, 0.4) is 0 Å². The van der Waals surface area contributed by atoms with Crippen molar-refractivity contribution in [1.29, 1.82) is 0 Å². The molecule has 0 N–H and O–H groups in total. The van der Waals surface area contributed by atoms with Crippen molar-refractivity contribution in [1.82, 2.24) is 4.98 Å². The second-order valence-electron chi connectivity index (χ2n) is 7.50. The number of pyridine rings is 1. The van der Waals surface area contributed by atoms with E-state index in [1.165, 1.54) is 11.6 Å². The largest absolute Gasteiger partial charge is 0.471 e. The number of halogens is 2. The van der Waals surface area contributed by atoms with E-state index in [0.717, 1.165) is 18.4 Å². The van der Waals surface area contributed by atoms with Crippen molar-refractivity contribution in [2.24, 2.45) is 4.99 Å². The van der Waals surface area contributed by atoms with E-state index >= 15 is 0 Å². The van der Waals surface area contributed by atoms with E-state index in [1.807, 2.05) is 24.3 Å². The predicted octanol–water partition coefficient (Wildman–Crippen LogP) is 5.58. The van der Waals surface area contributed by atoms with Gasteiger partial charge in [0.2, 0.25) is 5.90 Å². The minimum absolute atomic E-state index is 0.0677. The minimum atomic E-state index is -0.505. The fraction of sp³-hybridized carbons (Fsp3) is 0.273. The first-order valence-corrected chi connectivity index (χ1v) is 9.34. The van der Waals surface area contributed by atoms with Crippen molar-refractivity contribution in [3.8, 4) is 0 Å². The van der Waals surface area contributed by atoms with Crippen molar-refractivity contribution in [2.45, 2.75) is 38.3 Å². The molecule has 3 nitrogen and oxygen atoms in total. The van der Waals surface area contributed by atoms with Gasteiger partial charge in [0, 0.05) is 18.0 Å². The van der Waals surface area contributed by atoms with Crippen molar-refractivity contribution < 1.29 is 9.13 Å². The van der Waals surface area contributed by atoms with E-state index in [4.69, 9.17) is 21.3 Å². The van der Waals surface area contributed by atoms with E-state index in [0.29, 0.717) is 11.3 Å². The molecule has 0 amide bonds. The Hall–Kier alpha value is -2.46. The normalized spacial score (nSPS) is 18.8. The maximum atomic E-state index is 14.1. The van der Waals surface area contributed by atoms with Gasteiger partial charge in [-0.25, -0.2) is 9.38 Å². The molecule has 1 aliphatic heterocycles. The number of aliphatic imine (C=N–C) groups is 1. The average Bonchev–Trinajstić information content (AvgIpc) is 2.64. The van der Waals surface area contributed by atoms with Crippen LogP contribution in [0.15, 0.2) is 59.7 Å². The highest BCUT2D eigenvalue weighted by Crippen LogP contribution is 2.30. The summed E-state index contributed by atoms with van der Waals surface area (Å²) in [6, 6.07) is 15.6. The Kier molecular flexibility index (Phi) is 4.60. The number of ether oxygens (including phenoxy) is 1. The summed E-state index contributed by atoms with van der Waals surface area (Å²) in [6.07, 6.45) is 3.28. The van der Waals surface area contributed by atoms with E-state index in [2.05, 4.69) is 31.0 Å². The summed E-state index contributed by atoms with van der Waals surface area (Å²) in [4.78, 5) is 9.08. The number of hydrogen-bond acceptors (Lipinski definition) is 3. The lowest BCUT2D eigenvalue weighted by atomic mass is 9.93. The van der Waals surface area contributed by atoms with Crippen LogP contribution in [-0.2, 0) is 11.2 Å². The van der Waals surface area contributed by atoms with Crippen LogP contribution in [0.4, 0.5) is 4.39 Å². The van der Waals surface area contributed by atoms with Crippen molar-refractivity contribution >= 4 is 28.4 Å². The molecular weight excluding hydrogens is 363 g/mol. The van der Waals surface area contributed by atoms with Gasteiger partial charge in [0.25, 0.3) is 0 Å². The number of rotatable bonds is 3. The second kappa shape index (κ2) is 6.93. The number of nitrogens with zero attached hydrogens (tertiary/aromatic N) is 2. The van der Waals surface area contributed by atoms with Crippen molar-refractivity contribution in [2.75, 3.05) is 0 Å². The predicted molar refractivity (Wildman–Crippen MR) is 107 cm³/mol. The first-order chi connectivity index (χ1) is 12.9. The molecule has 2 heterocycles. The molecule has 3 aromatic rings. The molecule has 1 aliphatic rings. The molecule has 0 fully saturated rings. The van der Waals surface area contributed by atoms with Crippen LogP contribution >= 0.6 is 11.6 Å². The first kappa shape index (κ1) is 17.9. The molecule has 0 saturated heterocycles. The zero-order valence-corrected chi connectivity index (χ0v) is 16.0. The Bertz CT molecular complexity index is 1020. The molecule has 0 radical (unpaired) electrons. The smallest absolute Gasteiger partial charge is 0.218 e. The fourth-order valence-corrected chi connectivity index (χ4v) is 3.66. The molecule has 0 spiro atoms. The molecule has 5 heteroatoms. The van der Waals surface area contributed by atoms with Gasteiger partial charge in [-0.05, 0) is 38.0 Å². The second-order valence-corrected chi connectivity index (χ2v) is 7.91. The van der Waals surface area contributed by atoms with Crippen molar-refractivity contribution in [3.05, 3.63) is 76.7 Å². The Morgan fingerprint density at radius 3 is 2.74 bits per heavy atom. The molecule has 1 unspecified atom stereocenters. The topological polar surface area (TPSA) is 34.5 Å². The van der Waals surface area contributed by atoms with Crippen LogP contribution < -0.4 is 0 Å². The van der Waals surface area contributed by atoms with Gasteiger partial charge >= 0.3 is 0 Å². The summed E-state index contributed by atoms with van der Waals surface area (Å²) in [5.41, 5.74) is 1.91. The Balaban J connectivity index is 1.70. The van der Waals surface area contributed by atoms with Gasteiger partial charge in [-0.15, -0.1) is 0 Å². The summed E-state index contributed by atoms with van der Waals surface area (Å²) < 4.78 is 20.3.